The van der Waals surface area contributed by atoms with E-state index in [9.17, 15) is 4.79 Å². The molecule has 1 heterocycles. The van der Waals surface area contributed by atoms with Gasteiger partial charge in [0.15, 0.2) is 0 Å². The Morgan fingerprint density at radius 2 is 1.88 bits per heavy atom. The van der Waals surface area contributed by atoms with Crippen LogP contribution in [0.3, 0.4) is 0 Å². The Hall–Kier alpha value is -2.60. The van der Waals surface area contributed by atoms with E-state index in [1.165, 1.54) is 5.56 Å². The summed E-state index contributed by atoms with van der Waals surface area (Å²) in [4.78, 5) is 13.4. The van der Waals surface area contributed by atoms with Gasteiger partial charge in [0.2, 0.25) is 5.89 Å². The lowest BCUT2D eigenvalue weighted by Gasteiger charge is -2.03. The monoisotopic (exact) mass is 353 g/mol. The second kappa shape index (κ2) is 7.53. The third kappa shape index (κ3) is 4.09. The largest absolute Gasteiger partial charge is 0.403 e. The molecule has 0 aliphatic rings. The highest BCUT2D eigenvalue weighted by Crippen LogP contribution is 2.24. The number of nitrogens with one attached hydrogen (secondary N) is 1. The first-order valence-electron chi connectivity index (χ1n) is 8.02. The first-order valence-corrected chi connectivity index (χ1v) is 9.00. The number of aryl methyl sites for hydroxylation is 2. The Kier molecular flexibility index (Phi) is 5.19. The van der Waals surface area contributed by atoms with E-state index < -0.39 is 0 Å². The van der Waals surface area contributed by atoms with Gasteiger partial charge in [-0.15, -0.1) is 16.9 Å². The van der Waals surface area contributed by atoms with E-state index in [0.717, 1.165) is 21.8 Å². The molecule has 0 radical (unpaired) electrons. The molecule has 3 rings (SSSR count). The summed E-state index contributed by atoms with van der Waals surface area (Å²) in [7, 11) is 0. The van der Waals surface area contributed by atoms with Crippen LogP contribution in [-0.4, -0.2) is 21.9 Å². The first kappa shape index (κ1) is 17.2. The van der Waals surface area contributed by atoms with Gasteiger partial charge in [-0.2, -0.15) is 0 Å². The highest BCUT2D eigenvalue weighted by Gasteiger charge is 2.14. The maximum atomic E-state index is 12.3. The van der Waals surface area contributed by atoms with Gasteiger partial charge < -0.3 is 4.42 Å². The number of nitrogens with zero attached hydrogens (tertiary/aromatic N) is 2. The number of hydrogen-bond donors (Lipinski definition) is 1. The Bertz CT molecular complexity index is 888. The van der Waals surface area contributed by atoms with Crippen molar-refractivity contribution in [2.75, 3.05) is 11.1 Å². The Labute approximate surface area is 150 Å². The van der Waals surface area contributed by atoms with Crippen LogP contribution in [0, 0.1) is 13.8 Å². The summed E-state index contributed by atoms with van der Waals surface area (Å²) in [5.74, 6) is 1.11. The summed E-state index contributed by atoms with van der Waals surface area (Å²) in [6, 6.07) is 13.5. The van der Waals surface area contributed by atoms with Crippen LogP contribution < -0.4 is 5.32 Å². The summed E-state index contributed by atoms with van der Waals surface area (Å²) in [5.41, 5.74) is 3.62. The summed E-state index contributed by atoms with van der Waals surface area (Å²) in [5, 5.41) is 10.6. The lowest BCUT2D eigenvalue weighted by atomic mass is 10.1. The molecule has 128 valence electrons. The number of carbonyl (C=O) groups is 1. The van der Waals surface area contributed by atoms with E-state index in [1.54, 1.807) is 23.9 Å². The molecule has 25 heavy (non-hydrogen) atoms. The van der Waals surface area contributed by atoms with Gasteiger partial charge in [-0.05, 0) is 55.5 Å². The van der Waals surface area contributed by atoms with Gasteiger partial charge >= 0.3 is 6.01 Å². The normalized spacial score (nSPS) is 10.7. The van der Waals surface area contributed by atoms with Crippen molar-refractivity contribution in [3.05, 3.63) is 59.2 Å². The summed E-state index contributed by atoms with van der Waals surface area (Å²) in [6.07, 6.45) is 0. The molecule has 0 aliphatic carbocycles. The topological polar surface area (TPSA) is 68.0 Å². The quantitative estimate of drug-likeness (QED) is 0.672. The maximum Gasteiger partial charge on any atom is 0.322 e. The van der Waals surface area contributed by atoms with E-state index in [-0.39, 0.29) is 11.9 Å². The molecular weight excluding hydrogens is 334 g/mol. The van der Waals surface area contributed by atoms with E-state index in [0.29, 0.717) is 11.5 Å². The Morgan fingerprint density at radius 3 is 2.56 bits per heavy atom. The van der Waals surface area contributed by atoms with Crippen molar-refractivity contribution < 1.29 is 9.21 Å². The molecule has 1 aromatic heterocycles. The van der Waals surface area contributed by atoms with Crippen LogP contribution in [0.5, 0.6) is 0 Å². The smallest absolute Gasteiger partial charge is 0.322 e. The first-order chi connectivity index (χ1) is 12.1. The van der Waals surface area contributed by atoms with Gasteiger partial charge in [0.25, 0.3) is 5.91 Å². The number of thioether (sulfide) groups is 1. The van der Waals surface area contributed by atoms with Gasteiger partial charge in [-0.25, -0.2) is 0 Å². The van der Waals surface area contributed by atoms with Gasteiger partial charge in [0.1, 0.15) is 0 Å². The van der Waals surface area contributed by atoms with Crippen molar-refractivity contribution in [3.63, 3.8) is 0 Å². The van der Waals surface area contributed by atoms with Crippen molar-refractivity contribution in [1.82, 2.24) is 10.2 Å². The minimum Gasteiger partial charge on any atom is -0.403 e. The number of anilines is 1. The third-order valence-electron chi connectivity index (χ3n) is 3.69. The van der Waals surface area contributed by atoms with Crippen molar-refractivity contribution >= 4 is 23.7 Å². The van der Waals surface area contributed by atoms with Crippen LogP contribution in [0.4, 0.5) is 6.01 Å². The standard InChI is InChI=1S/C19H19N3O2S/c1-4-25-15-8-6-14(7-9-15)17(23)20-19-22-21-18(24-19)16-10-5-12(2)11-13(16)3/h5-11H,4H2,1-3H3,(H,20,22,23). The van der Waals surface area contributed by atoms with Crippen molar-refractivity contribution in [2.45, 2.75) is 25.7 Å². The Balaban J connectivity index is 1.73. The fourth-order valence-electron chi connectivity index (χ4n) is 2.47. The molecular formula is C19H19N3O2S. The number of amides is 1. The molecule has 0 atom stereocenters. The molecule has 0 bridgehead atoms. The maximum absolute atomic E-state index is 12.3. The predicted octanol–water partition coefficient (Wildman–Crippen LogP) is 4.72. The van der Waals surface area contributed by atoms with E-state index in [4.69, 9.17) is 4.42 Å². The summed E-state index contributed by atoms with van der Waals surface area (Å²) >= 11 is 1.73. The van der Waals surface area contributed by atoms with E-state index >= 15 is 0 Å². The summed E-state index contributed by atoms with van der Waals surface area (Å²) in [6.45, 7) is 6.11. The molecule has 0 fully saturated rings. The molecule has 6 heteroatoms. The average Bonchev–Trinajstić information content (AvgIpc) is 3.04. The molecule has 2 aromatic carbocycles. The van der Waals surface area contributed by atoms with Crippen LogP contribution in [0.2, 0.25) is 0 Å². The molecule has 1 amide bonds. The zero-order valence-electron chi connectivity index (χ0n) is 14.4. The molecule has 0 spiro atoms. The Morgan fingerprint density at radius 1 is 1.12 bits per heavy atom. The molecule has 1 N–H and O–H groups in total. The minimum absolute atomic E-state index is 0.0898. The molecule has 5 nitrogen and oxygen atoms in total. The van der Waals surface area contributed by atoms with Gasteiger partial charge in [-0.1, -0.05) is 29.7 Å². The predicted molar refractivity (Wildman–Crippen MR) is 100 cm³/mol. The zero-order valence-corrected chi connectivity index (χ0v) is 15.2. The molecule has 0 aliphatic heterocycles. The molecule has 3 aromatic rings. The van der Waals surface area contributed by atoms with Gasteiger partial charge in [0, 0.05) is 16.0 Å². The number of rotatable bonds is 5. The lowest BCUT2D eigenvalue weighted by molar-refractivity contribution is 0.102. The average molecular weight is 353 g/mol. The third-order valence-corrected chi connectivity index (χ3v) is 4.58. The fraction of sp³-hybridized carbons (Fsp3) is 0.211. The van der Waals surface area contributed by atoms with Crippen LogP contribution in [-0.2, 0) is 0 Å². The highest BCUT2D eigenvalue weighted by molar-refractivity contribution is 7.99. The summed E-state index contributed by atoms with van der Waals surface area (Å²) < 4.78 is 5.59. The van der Waals surface area contributed by atoms with E-state index in [2.05, 4.69) is 22.4 Å². The van der Waals surface area contributed by atoms with Gasteiger partial charge in [-0.3, -0.25) is 10.1 Å². The zero-order chi connectivity index (χ0) is 17.8. The SMILES string of the molecule is CCSc1ccc(C(=O)Nc2nnc(-c3ccc(C)cc3C)o2)cc1. The fourth-order valence-corrected chi connectivity index (χ4v) is 3.14. The van der Waals surface area contributed by atoms with Crippen molar-refractivity contribution in [1.29, 1.82) is 0 Å². The molecule has 0 unspecified atom stereocenters. The van der Waals surface area contributed by atoms with Crippen molar-refractivity contribution in [3.8, 4) is 11.5 Å². The number of benzene rings is 2. The highest BCUT2D eigenvalue weighted by atomic mass is 32.2. The minimum atomic E-state index is -0.274. The van der Waals surface area contributed by atoms with Gasteiger partial charge in [0.05, 0.1) is 0 Å². The van der Waals surface area contributed by atoms with E-state index in [1.807, 2.05) is 44.2 Å². The van der Waals surface area contributed by atoms with Crippen LogP contribution in [0.25, 0.3) is 11.5 Å². The number of hydrogen-bond acceptors (Lipinski definition) is 5. The van der Waals surface area contributed by atoms with Crippen LogP contribution in [0.1, 0.15) is 28.4 Å². The number of aromatic nitrogens is 2. The van der Waals surface area contributed by atoms with Crippen LogP contribution in [0.15, 0.2) is 51.8 Å². The molecule has 0 saturated carbocycles. The molecule has 0 saturated heterocycles. The second-order valence-electron chi connectivity index (χ2n) is 5.64. The van der Waals surface area contributed by atoms with Crippen LogP contribution >= 0.6 is 11.8 Å². The lowest BCUT2D eigenvalue weighted by Crippen LogP contribution is -2.11. The number of carbonyl (C=O) groups excluding carboxylic acids is 1. The second-order valence-corrected chi connectivity index (χ2v) is 6.98. The van der Waals surface area contributed by atoms with Crippen molar-refractivity contribution in [2.24, 2.45) is 0 Å².